The molecule has 0 aliphatic carbocycles. The summed E-state index contributed by atoms with van der Waals surface area (Å²) in [7, 11) is 3.60. The van der Waals surface area contributed by atoms with Gasteiger partial charge in [-0.05, 0) is 56.1 Å². The maximum Gasteiger partial charge on any atom is 0.124 e. The molecule has 3 rings (SSSR count). The van der Waals surface area contributed by atoms with Crippen LogP contribution in [-0.2, 0) is 6.42 Å². The van der Waals surface area contributed by atoms with Crippen molar-refractivity contribution >= 4 is 11.4 Å². The van der Waals surface area contributed by atoms with Crippen molar-refractivity contribution in [2.24, 2.45) is 5.73 Å². The summed E-state index contributed by atoms with van der Waals surface area (Å²) in [5, 5.41) is 0. The molecule has 2 N–H and O–H groups in total. The normalized spacial score (nSPS) is 12.6. The summed E-state index contributed by atoms with van der Waals surface area (Å²) < 4.78 is 5.75. The first-order valence-corrected chi connectivity index (χ1v) is 7.38. The number of nitrogens with two attached hydrogens (primary N) is 1. The van der Waals surface area contributed by atoms with E-state index in [1.807, 2.05) is 0 Å². The van der Waals surface area contributed by atoms with Gasteiger partial charge in [0.25, 0.3) is 0 Å². The van der Waals surface area contributed by atoms with Gasteiger partial charge in [-0.25, -0.2) is 0 Å². The topological polar surface area (TPSA) is 38.5 Å². The first-order valence-electron chi connectivity index (χ1n) is 7.38. The van der Waals surface area contributed by atoms with E-state index in [2.05, 4.69) is 67.1 Å². The summed E-state index contributed by atoms with van der Waals surface area (Å²) >= 11 is 0. The zero-order valence-electron chi connectivity index (χ0n) is 13.1. The number of ether oxygens (including phenoxy) is 1. The smallest absolute Gasteiger partial charge is 0.124 e. The van der Waals surface area contributed by atoms with E-state index in [4.69, 9.17) is 4.74 Å². The fourth-order valence-electron chi connectivity index (χ4n) is 2.52. The maximum absolute atomic E-state index is 5.75. The minimum Gasteiger partial charge on any atom is -0.493 e. The van der Waals surface area contributed by atoms with Crippen LogP contribution in [0.5, 0.6) is 5.75 Å². The average molecular weight is 284 g/mol. The van der Waals surface area contributed by atoms with Crippen LogP contribution < -0.4 is 15.4 Å². The molecule has 0 atom stereocenters. The second-order valence-electron chi connectivity index (χ2n) is 5.14. The molecule has 1 heterocycles. The third kappa shape index (κ3) is 3.56. The second kappa shape index (κ2) is 7.14. The van der Waals surface area contributed by atoms with Crippen molar-refractivity contribution in [2.75, 3.05) is 25.6 Å². The molecule has 21 heavy (non-hydrogen) atoms. The van der Waals surface area contributed by atoms with Crippen LogP contribution in [0.15, 0.2) is 42.5 Å². The first kappa shape index (κ1) is 15.4. The van der Waals surface area contributed by atoms with Crippen molar-refractivity contribution in [1.29, 1.82) is 0 Å². The Morgan fingerprint density at radius 2 is 1.81 bits per heavy atom. The molecule has 0 saturated carbocycles. The van der Waals surface area contributed by atoms with Crippen LogP contribution in [0.3, 0.4) is 0 Å². The van der Waals surface area contributed by atoms with Crippen LogP contribution in [0.4, 0.5) is 11.4 Å². The van der Waals surface area contributed by atoms with Crippen molar-refractivity contribution < 1.29 is 4.74 Å². The summed E-state index contributed by atoms with van der Waals surface area (Å²) in [5.74, 6) is 1.04. The average Bonchev–Trinajstić information content (AvgIpc) is 2.55. The molecule has 2 aromatic rings. The summed E-state index contributed by atoms with van der Waals surface area (Å²) in [6.45, 7) is 2.96. The van der Waals surface area contributed by atoms with Gasteiger partial charge in [-0.2, -0.15) is 0 Å². The number of nitrogens with zero attached hydrogens (tertiary/aromatic N) is 1. The highest BCUT2D eigenvalue weighted by molar-refractivity contribution is 5.65. The molecule has 0 unspecified atom stereocenters. The van der Waals surface area contributed by atoms with Gasteiger partial charge >= 0.3 is 0 Å². The summed E-state index contributed by atoms with van der Waals surface area (Å²) in [6.07, 6.45) is 2.25. The number of hydrogen-bond donors (Lipinski definition) is 1. The third-order valence-corrected chi connectivity index (χ3v) is 3.68. The van der Waals surface area contributed by atoms with Gasteiger partial charge in [-0.3, -0.25) is 0 Å². The van der Waals surface area contributed by atoms with Gasteiger partial charge in [0.15, 0.2) is 0 Å². The minimum atomic E-state index is 0.838. The summed E-state index contributed by atoms with van der Waals surface area (Å²) in [5.41, 5.74) is 9.48. The zero-order chi connectivity index (χ0) is 15.2. The van der Waals surface area contributed by atoms with Crippen LogP contribution in [0.2, 0.25) is 0 Å². The highest BCUT2D eigenvalue weighted by Gasteiger charge is 2.12. The van der Waals surface area contributed by atoms with Gasteiger partial charge in [0.2, 0.25) is 0 Å². The number of rotatable bonds is 2. The van der Waals surface area contributed by atoms with E-state index in [0.717, 1.165) is 25.2 Å². The van der Waals surface area contributed by atoms with Gasteiger partial charge in [0.1, 0.15) is 5.75 Å². The molecule has 0 amide bonds. The van der Waals surface area contributed by atoms with Crippen LogP contribution in [0.1, 0.15) is 17.5 Å². The number of hydrogen-bond acceptors (Lipinski definition) is 3. The van der Waals surface area contributed by atoms with Gasteiger partial charge < -0.3 is 15.4 Å². The highest BCUT2D eigenvalue weighted by Crippen LogP contribution is 2.32. The van der Waals surface area contributed by atoms with Crippen LogP contribution >= 0.6 is 0 Å². The van der Waals surface area contributed by atoms with Crippen LogP contribution in [0, 0.1) is 6.92 Å². The van der Waals surface area contributed by atoms with Crippen molar-refractivity contribution in [3.8, 4) is 5.75 Å². The van der Waals surface area contributed by atoms with Crippen LogP contribution in [0.25, 0.3) is 0 Å². The fourth-order valence-corrected chi connectivity index (χ4v) is 2.52. The Hall–Kier alpha value is -2.00. The Labute approximate surface area is 127 Å². The molecule has 0 saturated heterocycles. The summed E-state index contributed by atoms with van der Waals surface area (Å²) in [6, 6.07) is 15.1. The predicted octanol–water partition coefficient (Wildman–Crippen LogP) is 3.66. The Morgan fingerprint density at radius 3 is 2.57 bits per heavy atom. The lowest BCUT2D eigenvalue weighted by Gasteiger charge is -2.23. The maximum atomic E-state index is 5.75. The van der Waals surface area contributed by atoms with E-state index in [9.17, 15) is 0 Å². The molecular formula is C18H24N2O. The lowest BCUT2D eigenvalue weighted by atomic mass is 10.1. The molecule has 0 fully saturated rings. The number of fused-ring (bicyclic) bond motifs is 1. The van der Waals surface area contributed by atoms with Crippen molar-refractivity contribution in [3.63, 3.8) is 0 Å². The number of benzene rings is 2. The van der Waals surface area contributed by atoms with Crippen LogP contribution in [-0.4, -0.2) is 20.7 Å². The number of aryl methyl sites for hydroxylation is 2. The molecular weight excluding hydrogens is 260 g/mol. The molecule has 0 aromatic heterocycles. The Morgan fingerprint density at radius 1 is 1.05 bits per heavy atom. The quantitative estimate of drug-likeness (QED) is 0.914. The van der Waals surface area contributed by atoms with E-state index in [-0.39, 0.29) is 0 Å². The second-order valence-corrected chi connectivity index (χ2v) is 5.14. The Balaban J connectivity index is 0.000000774. The lowest BCUT2D eigenvalue weighted by molar-refractivity contribution is 0.288. The molecule has 0 spiro atoms. The predicted molar refractivity (Wildman–Crippen MR) is 89.6 cm³/mol. The van der Waals surface area contributed by atoms with E-state index < -0.39 is 0 Å². The summed E-state index contributed by atoms with van der Waals surface area (Å²) in [4.78, 5) is 2.20. The Kier molecular flexibility index (Phi) is 5.23. The van der Waals surface area contributed by atoms with Crippen molar-refractivity contribution in [1.82, 2.24) is 0 Å². The Bertz CT molecular complexity index is 596. The van der Waals surface area contributed by atoms with Gasteiger partial charge in [0, 0.05) is 24.5 Å². The van der Waals surface area contributed by atoms with Gasteiger partial charge in [0.05, 0.1) is 6.61 Å². The van der Waals surface area contributed by atoms with Crippen molar-refractivity contribution in [2.45, 2.75) is 19.8 Å². The molecule has 2 aromatic carbocycles. The molecule has 1 aliphatic rings. The SMILES string of the molecule is CN.Cc1cccc(N(C)c2ccc3c(c2)OCCC3)c1. The molecule has 0 bridgehead atoms. The highest BCUT2D eigenvalue weighted by atomic mass is 16.5. The minimum absolute atomic E-state index is 0.838. The molecule has 3 heteroatoms. The molecule has 112 valence electrons. The monoisotopic (exact) mass is 284 g/mol. The van der Waals surface area contributed by atoms with Crippen molar-refractivity contribution in [3.05, 3.63) is 53.6 Å². The largest absolute Gasteiger partial charge is 0.493 e. The van der Waals surface area contributed by atoms with E-state index >= 15 is 0 Å². The van der Waals surface area contributed by atoms with Gasteiger partial charge in [-0.1, -0.05) is 18.2 Å². The third-order valence-electron chi connectivity index (χ3n) is 3.68. The van der Waals surface area contributed by atoms with E-state index in [0.29, 0.717) is 0 Å². The van der Waals surface area contributed by atoms with E-state index in [1.54, 1.807) is 0 Å². The fraction of sp³-hybridized carbons (Fsp3) is 0.333. The lowest BCUT2D eigenvalue weighted by Crippen LogP contribution is -2.12. The van der Waals surface area contributed by atoms with E-state index in [1.165, 1.54) is 29.5 Å². The molecule has 1 aliphatic heterocycles. The van der Waals surface area contributed by atoms with Gasteiger partial charge in [-0.15, -0.1) is 0 Å². The molecule has 3 nitrogen and oxygen atoms in total. The first-order chi connectivity index (χ1) is 10.2. The standard InChI is InChI=1S/C17H19NO.CH5N/c1-13-5-3-7-15(11-13)18(2)16-9-8-14-6-4-10-19-17(14)12-16;1-2/h3,5,7-9,11-12H,4,6,10H2,1-2H3;2H2,1H3. The molecule has 0 radical (unpaired) electrons. The number of anilines is 2. The zero-order valence-corrected chi connectivity index (χ0v) is 13.1.